The van der Waals surface area contributed by atoms with Gasteiger partial charge in [0.05, 0.1) is 24.5 Å². The number of fused-ring (bicyclic) bond motifs is 3. The fourth-order valence-corrected chi connectivity index (χ4v) is 2.89. The van der Waals surface area contributed by atoms with Gasteiger partial charge in [0.1, 0.15) is 5.58 Å². The summed E-state index contributed by atoms with van der Waals surface area (Å²) < 4.78 is 7.57. The molecule has 0 saturated carbocycles. The standard InChI is InChI=1S/C14H15N3O.2ClH/c1-2-11(15-6-1)9-17-14-10(8-16-17)3-4-13-12(14)5-7-18-13;;/h3-5,7-8,11,15H,1-2,6,9H2;2*1H. The molecule has 6 heteroatoms. The summed E-state index contributed by atoms with van der Waals surface area (Å²) in [4.78, 5) is 0. The monoisotopic (exact) mass is 313 g/mol. The lowest BCUT2D eigenvalue weighted by atomic mass is 10.2. The van der Waals surface area contributed by atoms with Crippen molar-refractivity contribution in [1.82, 2.24) is 15.1 Å². The Balaban J connectivity index is 0.000000735. The van der Waals surface area contributed by atoms with E-state index in [1.54, 1.807) is 6.26 Å². The van der Waals surface area contributed by atoms with Gasteiger partial charge in [-0.2, -0.15) is 5.10 Å². The first kappa shape index (κ1) is 15.2. The zero-order valence-corrected chi connectivity index (χ0v) is 12.5. The SMILES string of the molecule is Cl.Cl.c1cc2c(ccc3cnn(CC4CCCN4)c32)o1. The molecule has 1 atom stereocenters. The molecule has 1 N–H and O–H groups in total. The van der Waals surface area contributed by atoms with Crippen LogP contribution < -0.4 is 5.32 Å². The van der Waals surface area contributed by atoms with Crippen LogP contribution in [0.25, 0.3) is 21.9 Å². The molecule has 4 rings (SSSR count). The number of hydrogen-bond donors (Lipinski definition) is 1. The van der Waals surface area contributed by atoms with Crippen molar-refractivity contribution in [2.75, 3.05) is 6.54 Å². The lowest BCUT2D eigenvalue weighted by Crippen LogP contribution is -2.27. The van der Waals surface area contributed by atoms with E-state index in [1.165, 1.54) is 23.7 Å². The summed E-state index contributed by atoms with van der Waals surface area (Å²) in [6.07, 6.45) is 6.19. The number of aromatic nitrogens is 2. The van der Waals surface area contributed by atoms with Crippen LogP contribution in [0, 0.1) is 0 Å². The highest BCUT2D eigenvalue weighted by Crippen LogP contribution is 2.26. The lowest BCUT2D eigenvalue weighted by Gasteiger charge is -2.11. The summed E-state index contributed by atoms with van der Waals surface area (Å²) in [6, 6.07) is 6.66. The number of benzene rings is 1. The number of rotatable bonds is 2. The van der Waals surface area contributed by atoms with Gasteiger partial charge in [-0.15, -0.1) is 24.8 Å². The van der Waals surface area contributed by atoms with Crippen molar-refractivity contribution in [3.05, 3.63) is 30.7 Å². The summed E-state index contributed by atoms with van der Waals surface area (Å²) in [5.41, 5.74) is 2.12. The quantitative estimate of drug-likeness (QED) is 0.788. The van der Waals surface area contributed by atoms with E-state index in [2.05, 4.69) is 21.2 Å². The fraction of sp³-hybridized carbons (Fsp3) is 0.357. The largest absolute Gasteiger partial charge is 0.464 e. The van der Waals surface area contributed by atoms with Crippen LogP contribution in [-0.2, 0) is 6.54 Å². The molecule has 20 heavy (non-hydrogen) atoms. The molecule has 1 aliphatic rings. The van der Waals surface area contributed by atoms with Crippen molar-refractivity contribution < 1.29 is 4.42 Å². The predicted octanol–water partition coefficient (Wildman–Crippen LogP) is 3.38. The third-order valence-corrected chi connectivity index (χ3v) is 3.79. The maximum absolute atomic E-state index is 5.46. The molecule has 1 fully saturated rings. The molecule has 108 valence electrons. The molecule has 3 heterocycles. The van der Waals surface area contributed by atoms with E-state index in [9.17, 15) is 0 Å². The molecule has 1 aliphatic heterocycles. The Morgan fingerprint density at radius 1 is 1.30 bits per heavy atom. The average Bonchev–Trinajstić information content (AvgIpc) is 3.08. The minimum atomic E-state index is 0. The van der Waals surface area contributed by atoms with Gasteiger partial charge in [0, 0.05) is 16.8 Å². The molecular formula is C14H17Cl2N3O. The molecule has 0 amide bonds. The summed E-state index contributed by atoms with van der Waals surface area (Å²) in [7, 11) is 0. The van der Waals surface area contributed by atoms with E-state index in [1.807, 2.05) is 18.3 Å². The van der Waals surface area contributed by atoms with Crippen molar-refractivity contribution in [2.45, 2.75) is 25.4 Å². The van der Waals surface area contributed by atoms with Crippen molar-refractivity contribution >= 4 is 46.7 Å². The second kappa shape index (κ2) is 6.04. The topological polar surface area (TPSA) is 43.0 Å². The van der Waals surface area contributed by atoms with Crippen LogP contribution >= 0.6 is 24.8 Å². The van der Waals surface area contributed by atoms with Crippen LogP contribution in [0.1, 0.15) is 12.8 Å². The Morgan fingerprint density at radius 3 is 3.00 bits per heavy atom. The van der Waals surface area contributed by atoms with E-state index in [-0.39, 0.29) is 24.8 Å². The van der Waals surface area contributed by atoms with E-state index >= 15 is 0 Å². The van der Waals surface area contributed by atoms with Crippen molar-refractivity contribution in [1.29, 1.82) is 0 Å². The summed E-state index contributed by atoms with van der Waals surface area (Å²) >= 11 is 0. The maximum Gasteiger partial charge on any atom is 0.136 e. The molecule has 1 saturated heterocycles. The average molecular weight is 314 g/mol. The fourth-order valence-electron chi connectivity index (χ4n) is 2.89. The van der Waals surface area contributed by atoms with Crippen molar-refractivity contribution in [2.24, 2.45) is 0 Å². The first-order valence-electron chi connectivity index (χ1n) is 6.47. The first-order valence-corrected chi connectivity index (χ1v) is 6.47. The number of hydrogen-bond acceptors (Lipinski definition) is 3. The maximum atomic E-state index is 5.46. The van der Waals surface area contributed by atoms with Crippen molar-refractivity contribution in [3.63, 3.8) is 0 Å². The predicted molar refractivity (Wildman–Crippen MR) is 85.0 cm³/mol. The van der Waals surface area contributed by atoms with Gasteiger partial charge in [-0.25, -0.2) is 0 Å². The van der Waals surface area contributed by atoms with Crippen LogP contribution in [0.15, 0.2) is 35.1 Å². The lowest BCUT2D eigenvalue weighted by molar-refractivity contribution is 0.487. The Kier molecular flexibility index (Phi) is 4.58. The number of furan rings is 1. The Hall–Kier alpha value is -1.23. The number of nitrogens with zero attached hydrogens (tertiary/aromatic N) is 2. The second-order valence-corrected chi connectivity index (χ2v) is 4.96. The Bertz CT molecular complexity index is 701. The van der Waals surface area contributed by atoms with E-state index in [0.717, 1.165) is 24.1 Å². The third-order valence-electron chi connectivity index (χ3n) is 3.79. The van der Waals surface area contributed by atoms with Gasteiger partial charge in [0.2, 0.25) is 0 Å². The molecule has 1 unspecified atom stereocenters. The van der Waals surface area contributed by atoms with Crippen LogP contribution in [0.5, 0.6) is 0 Å². The molecule has 3 aromatic rings. The summed E-state index contributed by atoms with van der Waals surface area (Å²) in [6.45, 7) is 2.07. The van der Waals surface area contributed by atoms with E-state index < -0.39 is 0 Å². The van der Waals surface area contributed by atoms with E-state index in [0.29, 0.717) is 6.04 Å². The molecule has 0 radical (unpaired) electrons. The Labute approximate surface area is 129 Å². The molecule has 0 spiro atoms. The summed E-state index contributed by atoms with van der Waals surface area (Å²) in [5, 5.41) is 10.4. The molecule has 4 nitrogen and oxygen atoms in total. The van der Waals surface area contributed by atoms with Gasteiger partial charge in [0.25, 0.3) is 0 Å². The van der Waals surface area contributed by atoms with Crippen LogP contribution in [0.2, 0.25) is 0 Å². The van der Waals surface area contributed by atoms with E-state index in [4.69, 9.17) is 4.42 Å². The molecule has 0 bridgehead atoms. The van der Waals surface area contributed by atoms with Gasteiger partial charge >= 0.3 is 0 Å². The molecular weight excluding hydrogens is 297 g/mol. The number of nitrogens with one attached hydrogen (secondary N) is 1. The minimum absolute atomic E-state index is 0. The van der Waals surface area contributed by atoms with Crippen LogP contribution in [0.3, 0.4) is 0 Å². The molecule has 0 aliphatic carbocycles. The summed E-state index contributed by atoms with van der Waals surface area (Å²) in [5.74, 6) is 0. The third kappa shape index (κ3) is 2.39. The Morgan fingerprint density at radius 2 is 2.20 bits per heavy atom. The minimum Gasteiger partial charge on any atom is -0.464 e. The smallest absolute Gasteiger partial charge is 0.136 e. The van der Waals surface area contributed by atoms with Gasteiger partial charge in [-0.1, -0.05) is 0 Å². The van der Waals surface area contributed by atoms with Crippen LogP contribution in [-0.4, -0.2) is 22.4 Å². The molecule has 2 aromatic heterocycles. The van der Waals surface area contributed by atoms with Gasteiger partial charge in [-0.05, 0) is 37.6 Å². The van der Waals surface area contributed by atoms with Crippen LogP contribution in [0.4, 0.5) is 0 Å². The van der Waals surface area contributed by atoms with Gasteiger partial charge in [0.15, 0.2) is 0 Å². The highest BCUT2D eigenvalue weighted by molar-refractivity contribution is 6.03. The van der Waals surface area contributed by atoms with Gasteiger partial charge < -0.3 is 9.73 Å². The normalized spacial score (nSPS) is 18.1. The second-order valence-electron chi connectivity index (χ2n) is 4.96. The van der Waals surface area contributed by atoms with Gasteiger partial charge in [-0.3, -0.25) is 4.68 Å². The zero-order chi connectivity index (χ0) is 11.9. The highest BCUT2D eigenvalue weighted by Gasteiger charge is 2.17. The first-order chi connectivity index (χ1) is 8.92. The molecule has 1 aromatic carbocycles. The van der Waals surface area contributed by atoms with Crippen molar-refractivity contribution in [3.8, 4) is 0 Å². The number of halogens is 2. The highest BCUT2D eigenvalue weighted by atomic mass is 35.5. The zero-order valence-electron chi connectivity index (χ0n) is 10.9.